The number of aromatic nitrogens is 1. The summed E-state index contributed by atoms with van der Waals surface area (Å²) in [5.74, 6) is 0.878. The number of thiazole rings is 1. The van der Waals surface area contributed by atoms with E-state index in [-0.39, 0.29) is 10.9 Å². The van der Waals surface area contributed by atoms with Gasteiger partial charge in [-0.25, -0.2) is 18.1 Å². The van der Waals surface area contributed by atoms with Crippen LogP contribution < -0.4 is 19.1 Å². The Balaban J connectivity index is 1.71. The molecule has 0 unspecified atom stereocenters. The van der Waals surface area contributed by atoms with Gasteiger partial charge in [0.25, 0.3) is 0 Å². The van der Waals surface area contributed by atoms with Crippen LogP contribution in [0.3, 0.4) is 0 Å². The Hall–Kier alpha value is -1.84. The van der Waals surface area contributed by atoms with Crippen LogP contribution >= 0.6 is 11.3 Å². The molecule has 0 amide bonds. The molecule has 3 rings (SSSR count). The summed E-state index contributed by atoms with van der Waals surface area (Å²) in [7, 11) is -0.637. The number of ether oxygens (including phenoxy) is 2. The van der Waals surface area contributed by atoms with Crippen LogP contribution in [-0.4, -0.2) is 46.8 Å². The maximum atomic E-state index is 12.6. The van der Waals surface area contributed by atoms with Gasteiger partial charge < -0.3 is 14.4 Å². The molecule has 0 radical (unpaired) electrons. The van der Waals surface area contributed by atoms with E-state index in [0.717, 1.165) is 24.5 Å². The van der Waals surface area contributed by atoms with Crippen molar-refractivity contribution in [3.8, 4) is 11.5 Å². The Kier molecular flexibility index (Phi) is 5.45. The molecule has 1 atom stereocenters. The van der Waals surface area contributed by atoms with Gasteiger partial charge in [-0.15, -0.1) is 11.3 Å². The van der Waals surface area contributed by atoms with Gasteiger partial charge in [0.15, 0.2) is 16.6 Å². The van der Waals surface area contributed by atoms with E-state index in [2.05, 4.69) is 14.6 Å². The number of benzene rings is 1. The summed E-state index contributed by atoms with van der Waals surface area (Å²) in [5, 5.41) is 2.87. The minimum Gasteiger partial charge on any atom is -0.493 e. The monoisotopic (exact) mass is 383 g/mol. The van der Waals surface area contributed by atoms with Crippen LogP contribution in [0.1, 0.15) is 12.8 Å². The second-order valence-corrected chi connectivity index (χ2v) is 8.31. The molecule has 1 aromatic heterocycles. The van der Waals surface area contributed by atoms with Gasteiger partial charge in [-0.05, 0) is 25.0 Å². The molecule has 2 aromatic rings. The van der Waals surface area contributed by atoms with Crippen LogP contribution in [0.5, 0.6) is 11.5 Å². The van der Waals surface area contributed by atoms with E-state index >= 15 is 0 Å². The molecule has 1 aliphatic rings. The highest BCUT2D eigenvalue weighted by Gasteiger charge is 2.28. The van der Waals surface area contributed by atoms with Crippen LogP contribution in [0.25, 0.3) is 0 Å². The Morgan fingerprint density at radius 3 is 2.80 bits per heavy atom. The Morgan fingerprint density at radius 2 is 2.12 bits per heavy atom. The highest BCUT2D eigenvalue weighted by Crippen LogP contribution is 2.30. The molecule has 136 valence electrons. The lowest BCUT2D eigenvalue weighted by Gasteiger charge is -2.24. The first-order chi connectivity index (χ1) is 12.0. The second-order valence-electron chi connectivity index (χ2n) is 5.67. The molecular formula is C16H21N3O4S2. The van der Waals surface area contributed by atoms with Gasteiger partial charge in [0, 0.05) is 36.8 Å². The van der Waals surface area contributed by atoms with Gasteiger partial charge >= 0.3 is 0 Å². The van der Waals surface area contributed by atoms with Crippen molar-refractivity contribution in [1.29, 1.82) is 0 Å². The van der Waals surface area contributed by atoms with Crippen LogP contribution in [0.15, 0.2) is 34.7 Å². The smallest absolute Gasteiger partial charge is 0.240 e. The first-order valence-electron chi connectivity index (χ1n) is 7.93. The van der Waals surface area contributed by atoms with Gasteiger partial charge in [-0.2, -0.15) is 0 Å². The van der Waals surface area contributed by atoms with Crippen LogP contribution in [0.2, 0.25) is 0 Å². The van der Waals surface area contributed by atoms with Crippen LogP contribution in [-0.2, 0) is 10.0 Å². The molecule has 1 saturated heterocycles. The molecule has 0 saturated carbocycles. The summed E-state index contributed by atoms with van der Waals surface area (Å²) in [4.78, 5) is 6.65. The van der Waals surface area contributed by atoms with Crippen molar-refractivity contribution in [1.82, 2.24) is 9.71 Å². The van der Waals surface area contributed by atoms with E-state index in [4.69, 9.17) is 9.47 Å². The number of nitrogens with one attached hydrogen (secondary N) is 1. The van der Waals surface area contributed by atoms with Crippen molar-refractivity contribution in [2.75, 3.05) is 32.2 Å². The molecule has 9 heteroatoms. The number of anilines is 1. The Bertz CT molecular complexity index is 809. The van der Waals surface area contributed by atoms with Gasteiger partial charge in [0.2, 0.25) is 10.0 Å². The summed E-state index contributed by atoms with van der Waals surface area (Å²) < 4.78 is 38.3. The topological polar surface area (TPSA) is 80.8 Å². The molecule has 1 N–H and O–H groups in total. The number of sulfonamides is 1. The summed E-state index contributed by atoms with van der Waals surface area (Å²) >= 11 is 1.57. The highest BCUT2D eigenvalue weighted by molar-refractivity contribution is 7.89. The predicted molar refractivity (Wildman–Crippen MR) is 97.2 cm³/mol. The quantitative estimate of drug-likeness (QED) is 0.789. The normalized spacial score (nSPS) is 17.7. The molecule has 0 spiro atoms. The zero-order valence-electron chi connectivity index (χ0n) is 14.1. The van der Waals surface area contributed by atoms with E-state index in [1.165, 1.54) is 26.4 Å². The number of nitrogens with zero attached hydrogens (tertiary/aromatic N) is 2. The van der Waals surface area contributed by atoms with Crippen molar-refractivity contribution in [3.05, 3.63) is 29.8 Å². The fraction of sp³-hybridized carbons (Fsp3) is 0.438. The van der Waals surface area contributed by atoms with Crippen molar-refractivity contribution >= 4 is 26.5 Å². The molecular weight excluding hydrogens is 362 g/mol. The molecule has 0 aliphatic carbocycles. The van der Waals surface area contributed by atoms with Crippen molar-refractivity contribution in [2.24, 2.45) is 0 Å². The third kappa shape index (κ3) is 3.88. The first kappa shape index (κ1) is 18.0. The van der Waals surface area contributed by atoms with E-state index in [1.54, 1.807) is 23.6 Å². The molecule has 1 fully saturated rings. The maximum absolute atomic E-state index is 12.6. The fourth-order valence-electron chi connectivity index (χ4n) is 2.93. The van der Waals surface area contributed by atoms with Crippen molar-refractivity contribution < 1.29 is 17.9 Å². The number of methoxy groups -OCH3 is 2. The van der Waals surface area contributed by atoms with E-state index in [1.807, 2.05) is 5.38 Å². The summed E-state index contributed by atoms with van der Waals surface area (Å²) in [5.41, 5.74) is 0. The zero-order chi connectivity index (χ0) is 17.9. The third-order valence-electron chi connectivity index (χ3n) is 4.22. The van der Waals surface area contributed by atoms with Crippen molar-refractivity contribution in [2.45, 2.75) is 23.8 Å². The third-order valence-corrected chi connectivity index (χ3v) is 6.45. The van der Waals surface area contributed by atoms with Crippen LogP contribution in [0.4, 0.5) is 5.13 Å². The summed E-state index contributed by atoms with van der Waals surface area (Å²) in [6, 6.07) is 4.68. The lowest BCUT2D eigenvalue weighted by Crippen LogP contribution is -2.40. The van der Waals surface area contributed by atoms with Gasteiger partial charge in [-0.1, -0.05) is 0 Å². The van der Waals surface area contributed by atoms with E-state index in [9.17, 15) is 8.42 Å². The molecule has 25 heavy (non-hydrogen) atoms. The minimum absolute atomic E-state index is 0.112. The Morgan fingerprint density at radius 1 is 1.32 bits per heavy atom. The first-order valence-corrected chi connectivity index (χ1v) is 10.3. The van der Waals surface area contributed by atoms with Crippen LogP contribution in [0, 0.1) is 0 Å². The lowest BCUT2D eigenvalue weighted by atomic mass is 10.2. The fourth-order valence-corrected chi connectivity index (χ4v) is 4.76. The maximum Gasteiger partial charge on any atom is 0.240 e. The summed E-state index contributed by atoms with van der Waals surface area (Å²) in [6.45, 7) is 1.24. The molecule has 0 bridgehead atoms. The Labute approximate surface area is 151 Å². The standard InChI is InChI=1S/C16H21N3O4S2/c1-22-14-6-5-13(10-15(14)23-2)25(20,21)18-11-12-4-3-8-19(12)16-17-7-9-24-16/h5-7,9-10,12,18H,3-4,8,11H2,1-2H3/t12-/m1/s1. The molecule has 1 aromatic carbocycles. The average molecular weight is 383 g/mol. The minimum atomic E-state index is -3.63. The highest BCUT2D eigenvalue weighted by atomic mass is 32.2. The van der Waals surface area contributed by atoms with Gasteiger partial charge in [0.1, 0.15) is 0 Å². The number of rotatable bonds is 7. The second kappa shape index (κ2) is 7.59. The number of hydrogen-bond acceptors (Lipinski definition) is 7. The van der Waals surface area contributed by atoms with Gasteiger partial charge in [-0.3, -0.25) is 0 Å². The van der Waals surface area contributed by atoms with Crippen molar-refractivity contribution in [3.63, 3.8) is 0 Å². The average Bonchev–Trinajstić information content (AvgIpc) is 3.30. The largest absolute Gasteiger partial charge is 0.493 e. The predicted octanol–water partition coefficient (Wildman–Crippen LogP) is 2.11. The lowest BCUT2D eigenvalue weighted by molar-refractivity contribution is 0.354. The molecule has 2 heterocycles. The number of hydrogen-bond donors (Lipinski definition) is 1. The zero-order valence-corrected chi connectivity index (χ0v) is 15.8. The summed E-state index contributed by atoms with van der Waals surface area (Å²) in [6.07, 6.45) is 3.74. The molecule has 7 nitrogen and oxygen atoms in total. The van der Waals surface area contributed by atoms with Gasteiger partial charge in [0.05, 0.1) is 19.1 Å². The van der Waals surface area contributed by atoms with E-state index in [0.29, 0.717) is 18.0 Å². The van der Waals surface area contributed by atoms with E-state index < -0.39 is 10.0 Å². The SMILES string of the molecule is COc1ccc(S(=O)(=O)NC[C@H]2CCCN2c2nccs2)cc1OC. The molecule has 1 aliphatic heterocycles.